The van der Waals surface area contributed by atoms with Crippen LogP contribution in [0.5, 0.6) is 0 Å². The van der Waals surface area contributed by atoms with Crippen LogP contribution in [0.25, 0.3) is 33.0 Å². The van der Waals surface area contributed by atoms with Crippen molar-refractivity contribution in [2.24, 2.45) is 5.41 Å². The van der Waals surface area contributed by atoms with Gasteiger partial charge in [-0.05, 0) is 42.2 Å². The van der Waals surface area contributed by atoms with Gasteiger partial charge in [-0.1, -0.05) is 71.7 Å². The van der Waals surface area contributed by atoms with E-state index in [0.29, 0.717) is 17.0 Å². The SMILES string of the molecule is CC1(C)Cc2nc3c(cc2C(Cl)=C1C=O)c(-c1ccc(Br)cc1)nn3-c1ccccc1. The molecule has 0 spiro atoms. The van der Waals surface area contributed by atoms with E-state index >= 15 is 0 Å². The summed E-state index contributed by atoms with van der Waals surface area (Å²) in [7, 11) is 0. The lowest BCUT2D eigenvalue weighted by atomic mass is 9.75. The van der Waals surface area contributed by atoms with Crippen LogP contribution in [-0.4, -0.2) is 21.1 Å². The molecular weight excluding hydrogens is 474 g/mol. The molecule has 0 saturated heterocycles. The van der Waals surface area contributed by atoms with Crippen molar-refractivity contribution < 1.29 is 4.79 Å². The van der Waals surface area contributed by atoms with Gasteiger partial charge in [-0.2, -0.15) is 5.10 Å². The topological polar surface area (TPSA) is 47.8 Å². The number of aldehydes is 1. The number of para-hydroxylation sites is 1. The molecule has 0 atom stereocenters. The maximum Gasteiger partial charge on any atom is 0.163 e. The van der Waals surface area contributed by atoms with Gasteiger partial charge in [0.1, 0.15) is 12.0 Å². The Morgan fingerprint density at radius 3 is 2.48 bits per heavy atom. The first kappa shape index (κ1) is 20.2. The lowest BCUT2D eigenvalue weighted by molar-refractivity contribution is -0.105. The Morgan fingerprint density at radius 2 is 1.81 bits per heavy atom. The van der Waals surface area contributed by atoms with Crippen molar-refractivity contribution in [3.8, 4) is 16.9 Å². The highest BCUT2D eigenvalue weighted by molar-refractivity contribution is 9.10. The fraction of sp³-hybridized carbons (Fsp3) is 0.160. The minimum atomic E-state index is -0.376. The van der Waals surface area contributed by atoms with Crippen molar-refractivity contribution in [3.63, 3.8) is 0 Å². The standard InChI is InChI=1S/C25H19BrClN3O/c1-25(2)13-21-18(22(27)20(25)14-31)12-19-23(15-8-10-16(26)11-9-15)29-30(24(19)28-21)17-6-4-3-5-7-17/h3-12,14H,13H2,1-2H3. The number of halogens is 2. The third-order valence-corrected chi connectivity index (χ3v) is 6.72. The Morgan fingerprint density at radius 1 is 1.10 bits per heavy atom. The summed E-state index contributed by atoms with van der Waals surface area (Å²) in [6, 6.07) is 20.1. The number of hydrogen-bond donors (Lipinski definition) is 0. The van der Waals surface area contributed by atoms with E-state index in [-0.39, 0.29) is 5.41 Å². The van der Waals surface area contributed by atoms with E-state index in [1.807, 2.05) is 79.2 Å². The quantitative estimate of drug-likeness (QED) is 0.303. The molecule has 0 N–H and O–H groups in total. The van der Waals surface area contributed by atoms with E-state index in [2.05, 4.69) is 15.9 Å². The summed E-state index contributed by atoms with van der Waals surface area (Å²) in [4.78, 5) is 16.8. The predicted octanol–water partition coefficient (Wildman–Crippen LogP) is 6.58. The van der Waals surface area contributed by atoms with Crippen LogP contribution in [0, 0.1) is 5.41 Å². The molecule has 31 heavy (non-hydrogen) atoms. The van der Waals surface area contributed by atoms with Crippen LogP contribution in [0.15, 0.2) is 70.7 Å². The zero-order chi connectivity index (χ0) is 21.8. The average Bonchev–Trinajstić information content (AvgIpc) is 3.12. The Hall–Kier alpha value is -2.76. The molecule has 0 amide bonds. The Balaban J connectivity index is 1.84. The lowest BCUT2D eigenvalue weighted by Gasteiger charge is -2.31. The van der Waals surface area contributed by atoms with E-state index in [1.165, 1.54) is 0 Å². The summed E-state index contributed by atoms with van der Waals surface area (Å²) in [5.41, 5.74) is 5.45. The van der Waals surface area contributed by atoms with Crippen molar-refractivity contribution >= 4 is 49.9 Å². The van der Waals surface area contributed by atoms with Gasteiger partial charge >= 0.3 is 0 Å². The van der Waals surface area contributed by atoms with Crippen molar-refractivity contribution in [3.05, 3.63) is 82.0 Å². The normalized spacial score (nSPS) is 15.2. The smallest absolute Gasteiger partial charge is 0.163 e. The second-order valence-electron chi connectivity index (χ2n) is 8.36. The number of carbonyl (C=O) groups excluding carboxylic acids is 1. The molecule has 2 aromatic carbocycles. The van der Waals surface area contributed by atoms with Gasteiger partial charge in [0.15, 0.2) is 5.65 Å². The number of carbonyl (C=O) groups is 1. The number of hydrogen-bond acceptors (Lipinski definition) is 3. The van der Waals surface area contributed by atoms with Crippen LogP contribution >= 0.6 is 27.5 Å². The molecule has 6 heteroatoms. The number of aromatic nitrogens is 3. The summed E-state index contributed by atoms with van der Waals surface area (Å²) >= 11 is 10.2. The van der Waals surface area contributed by atoms with Gasteiger partial charge in [0.05, 0.1) is 16.4 Å². The molecule has 2 aromatic heterocycles. The van der Waals surface area contributed by atoms with E-state index in [4.69, 9.17) is 21.7 Å². The van der Waals surface area contributed by atoms with E-state index < -0.39 is 0 Å². The molecule has 4 aromatic rings. The second-order valence-corrected chi connectivity index (χ2v) is 9.66. The van der Waals surface area contributed by atoms with Gasteiger partial charge < -0.3 is 0 Å². The van der Waals surface area contributed by atoms with Gasteiger partial charge in [0.2, 0.25) is 0 Å². The number of benzene rings is 2. The van der Waals surface area contributed by atoms with E-state index in [1.54, 1.807) is 0 Å². The number of nitrogens with zero attached hydrogens (tertiary/aromatic N) is 3. The summed E-state index contributed by atoms with van der Waals surface area (Å²) in [5, 5.41) is 6.31. The largest absolute Gasteiger partial charge is 0.298 e. The second kappa shape index (κ2) is 7.43. The molecular formula is C25H19BrClN3O. The fourth-order valence-electron chi connectivity index (χ4n) is 4.14. The number of allylic oxidation sites excluding steroid dienone is 1. The summed E-state index contributed by atoms with van der Waals surface area (Å²) in [6.45, 7) is 4.05. The average molecular weight is 493 g/mol. The van der Waals surface area contributed by atoms with Crippen LogP contribution in [0.2, 0.25) is 0 Å². The third-order valence-electron chi connectivity index (χ3n) is 5.78. The first-order valence-electron chi connectivity index (χ1n) is 9.99. The maximum atomic E-state index is 11.8. The molecule has 0 saturated carbocycles. The van der Waals surface area contributed by atoms with Crippen molar-refractivity contribution in [1.82, 2.24) is 14.8 Å². The monoisotopic (exact) mass is 491 g/mol. The van der Waals surface area contributed by atoms with Crippen LogP contribution in [0.1, 0.15) is 25.1 Å². The molecule has 154 valence electrons. The van der Waals surface area contributed by atoms with Crippen LogP contribution in [0.4, 0.5) is 0 Å². The molecule has 0 unspecified atom stereocenters. The first-order chi connectivity index (χ1) is 14.9. The highest BCUT2D eigenvalue weighted by Crippen LogP contribution is 2.44. The van der Waals surface area contributed by atoms with Gasteiger partial charge in [0.25, 0.3) is 0 Å². The number of pyridine rings is 1. The molecule has 1 aliphatic rings. The lowest BCUT2D eigenvalue weighted by Crippen LogP contribution is -2.25. The molecule has 0 bridgehead atoms. The molecule has 0 radical (unpaired) electrons. The minimum Gasteiger partial charge on any atom is -0.298 e. The summed E-state index contributed by atoms with van der Waals surface area (Å²) in [6.07, 6.45) is 1.51. The first-order valence-corrected chi connectivity index (χ1v) is 11.2. The van der Waals surface area contributed by atoms with E-state index in [0.717, 1.165) is 50.0 Å². The van der Waals surface area contributed by atoms with Crippen molar-refractivity contribution in [2.45, 2.75) is 20.3 Å². The zero-order valence-electron chi connectivity index (χ0n) is 17.1. The Labute approximate surface area is 193 Å². The van der Waals surface area contributed by atoms with Crippen molar-refractivity contribution in [1.29, 1.82) is 0 Å². The molecule has 4 nitrogen and oxygen atoms in total. The molecule has 5 rings (SSSR count). The summed E-state index contributed by atoms with van der Waals surface area (Å²) in [5.74, 6) is 0. The fourth-order valence-corrected chi connectivity index (χ4v) is 4.87. The maximum absolute atomic E-state index is 11.8. The van der Waals surface area contributed by atoms with Crippen LogP contribution in [0.3, 0.4) is 0 Å². The molecule has 0 aliphatic heterocycles. The van der Waals surface area contributed by atoms with Crippen LogP contribution in [-0.2, 0) is 11.2 Å². The number of fused-ring (bicyclic) bond motifs is 2. The highest BCUT2D eigenvalue weighted by Gasteiger charge is 2.34. The molecule has 1 aliphatic carbocycles. The molecule has 0 fully saturated rings. The predicted molar refractivity (Wildman–Crippen MR) is 128 cm³/mol. The summed E-state index contributed by atoms with van der Waals surface area (Å²) < 4.78 is 2.88. The van der Waals surface area contributed by atoms with Gasteiger partial charge in [-0.15, -0.1) is 0 Å². The van der Waals surface area contributed by atoms with Crippen molar-refractivity contribution in [2.75, 3.05) is 0 Å². The van der Waals surface area contributed by atoms with Crippen LogP contribution < -0.4 is 0 Å². The Bertz CT molecular complexity index is 1360. The van der Waals surface area contributed by atoms with Gasteiger partial charge in [-0.25, -0.2) is 9.67 Å². The minimum absolute atomic E-state index is 0.376. The van der Waals surface area contributed by atoms with E-state index in [9.17, 15) is 4.79 Å². The third kappa shape index (κ3) is 3.33. The Kier molecular flexibility index (Phi) is 4.83. The zero-order valence-corrected chi connectivity index (χ0v) is 19.4. The number of rotatable bonds is 3. The van der Waals surface area contributed by atoms with Gasteiger partial charge in [0, 0.05) is 26.6 Å². The van der Waals surface area contributed by atoms with Gasteiger partial charge in [-0.3, -0.25) is 4.79 Å². The highest BCUT2D eigenvalue weighted by atomic mass is 79.9. The molecule has 2 heterocycles.